The average molecular weight is 250 g/mol. The molecular weight excluding hydrogens is 228 g/mol. The van der Waals surface area contributed by atoms with Crippen LogP contribution in [0.3, 0.4) is 0 Å². The Morgan fingerprint density at radius 1 is 0.789 bits per heavy atom. The van der Waals surface area contributed by atoms with Crippen LogP contribution in [0.1, 0.15) is 27.8 Å². The monoisotopic (exact) mass is 250 g/mol. The summed E-state index contributed by atoms with van der Waals surface area (Å²) in [5.41, 5.74) is 6.37. The molecule has 0 heterocycles. The van der Waals surface area contributed by atoms with Gasteiger partial charge in [-0.3, -0.25) is 0 Å². The van der Waals surface area contributed by atoms with E-state index in [9.17, 15) is 0 Å². The highest BCUT2D eigenvalue weighted by atomic mass is 14.0. The lowest BCUT2D eigenvalue weighted by Gasteiger charge is -2.01. The summed E-state index contributed by atoms with van der Waals surface area (Å²) in [6, 6.07) is 14.5. The second-order valence-corrected chi connectivity index (χ2v) is 4.61. The van der Waals surface area contributed by atoms with Crippen LogP contribution in [0, 0.1) is 20.8 Å². The Bertz CT molecular complexity index is 545. The topological polar surface area (TPSA) is 0 Å². The van der Waals surface area contributed by atoms with Crippen LogP contribution < -0.4 is 0 Å². The standard InChI is InChI=1S/C10H12.C9H10/c1-4-10-7-5-6-8(2)9(10)3;1-3-9-6-4-8(2)5-7-9/h4-7H,1H2,2-3H3;3-7H,1H2,2H3. The predicted molar refractivity (Wildman–Crippen MR) is 87.3 cm³/mol. The second-order valence-electron chi connectivity index (χ2n) is 4.61. The molecule has 0 aromatic heterocycles. The predicted octanol–water partition coefficient (Wildman–Crippen LogP) is 5.58. The second kappa shape index (κ2) is 7.38. The summed E-state index contributed by atoms with van der Waals surface area (Å²) in [6.45, 7) is 13.7. The van der Waals surface area contributed by atoms with Gasteiger partial charge in [0.1, 0.15) is 0 Å². The maximum atomic E-state index is 3.73. The van der Waals surface area contributed by atoms with Crippen molar-refractivity contribution >= 4 is 12.2 Å². The zero-order chi connectivity index (χ0) is 14.3. The van der Waals surface area contributed by atoms with Crippen molar-refractivity contribution in [3.63, 3.8) is 0 Å². The minimum absolute atomic E-state index is 1.18. The first-order valence-corrected chi connectivity index (χ1v) is 6.46. The zero-order valence-electron chi connectivity index (χ0n) is 12.1. The number of aryl methyl sites for hydroxylation is 2. The van der Waals surface area contributed by atoms with Crippen molar-refractivity contribution in [2.75, 3.05) is 0 Å². The van der Waals surface area contributed by atoms with Crippen molar-refractivity contribution in [2.45, 2.75) is 20.8 Å². The van der Waals surface area contributed by atoms with Crippen LogP contribution in [0.5, 0.6) is 0 Å². The molecular formula is C19H22. The quantitative estimate of drug-likeness (QED) is 0.652. The Morgan fingerprint density at radius 3 is 1.89 bits per heavy atom. The van der Waals surface area contributed by atoms with Gasteiger partial charge in [-0.15, -0.1) is 0 Å². The van der Waals surface area contributed by atoms with Crippen LogP contribution >= 0.6 is 0 Å². The van der Waals surface area contributed by atoms with Gasteiger partial charge in [-0.1, -0.05) is 73.3 Å². The fourth-order valence-corrected chi connectivity index (χ4v) is 1.70. The highest BCUT2D eigenvalue weighted by Gasteiger charge is 1.93. The highest BCUT2D eigenvalue weighted by Crippen LogP contribution is 2.12. The lowest BCUT2D eigenvalue weighted by molar-refractivity contribution is 1.33. The highest BCUT2D eigenvalue weighted by molar-refractivity contribution is 5.53. The van der Waals surface area contributed by atoms with E-state index in [1.54, 1.807) is 0 Å². The van der Waals surface area contributed by atoms with Gasteiger partial charge in [0.25, 0.3) is 0 Å². The van der Waals surface area contributed by atoms with Gasteiger partial charge < -0.3 is 0 Å². The number of rotatable bonds is 2. The van der Waals surface area contributed by atoms with Gasteiger partial charge >= 0.3 is 0 Å². The molecule has 0 radical (unpaired) electrons. The van der Waals surface area contributed by atoms with Crippen molar-refractivity contribution in [2.24, 2.45) is 0 Å². The van der Waals surface area contributed by atoms with E-state index in [4.69, 9.17) is 0 Å². The van der Waals surface area contributed by atoms with E-state index >= 15 is 0 Å². The lowest BCUT2D eigenvalue weighted by atomic mass is 10.0. The zero-order valence-corrected chi connectivity index (χ0v) is 12.1. The Balaban J connectivity index is 0.000000191. The van der Waals surface area contributed by atoms with Crippen molar-refractivity contribution < 1.29 is 0 Å². The third kappa shape index (κ3) is 4.59. The first-order valence-electron chi connectivity index (χ1n) is 6.46. The smallest absolute Gasteiger partial charge is 0.0231 e. The normalized spacial score (nSPS) is 9.21. The molecule has 98 valence electrons. The van der Waals surface area contributed by atoms with Crippen LogP contribution in [0.4, 0.5) is 0 Å². The first kappa shape index (κ1) is 15.0. The van der Waals surface area contributed by atoms with Gasteiger partial charge in [-0.05, 0) is 43.0 Å². The van der Waals surface area contributed by atoms with Crippen LogP contribution in [0.15, 0.2) is 55.6 Å². The third-order valence-electron chi connectivity index (χ3n) is 3.18. The number of hydrogen-bond donors (Lipinski definition) is 0. The summed E-state index contributed by atoms with van der Waals surface area (Å²) in [7, 11) is 0. The average Bonchev–Trinajstić information content (AvgIpc) is 2.43. The van der Waals surface area contributed by atoms with E-state index in [0.717, 1.165) is 0 Å². The van der Waals surface area contributed by atoms with Gasteiger partial charge in [0.05, 0.1) is 0 Å². The molecule has 0 amide bonds. The van der Waals surface area contributed by atoms with E-state index < -0.39 is 0 Å². The third-order valence-corrected chi connectivity index (χ3v) is 3.18. The molecule has 0 unspecified atom stereocenters. The summed E-state index contributed by atoms with van der Waals surface area (Å²) in [4.78, 5) is 0. The van der Waals surface area contributed by atoms with E-state index in [0.29, 0.717) is 0 Å². The molecule has 0 saturated carbocycles. The molecule has 0 atom stereocenters. The molecule has 2 rings (SSSR count). The summed E-state index contributed by atoms with van der Waals surface area (Å²) in [5, 5.41) is 0. The Labute approximate surface area is 117 Å². The van der Waals surface area contributed by atoms with E-state index in [1.165, 1.54) is 27.8 Å². The molecule has 2 aromatic rings. The van der Waals surface area contributed by atoms with Crippen molar-refractivity contribution in [3.05, 3.63) is 83.4 Å². The van der Waals surface area contributed by atoms with Gasteiger partial charge in [0.15, 0.2) is 0 Å². The summed E-state index contributed by atoms with van der Waals surface area (Å²) in [5.74, 6) is 0. The van der Waals surface area contributed by atoms with Crippen LogP contribution in [-0.4, -0.2) is 0 Å². The van der Waals surface area contributed by atoms with Crippen LogP contribution in [0.2, 0.25) is 0 Å². The van der Waals surface area contributed by atoms with Crippen molar-refractivity contribution in [1.29, 1.82) is 0 Å². The molecule has 0 fully saturated rings. The molecule has 0 aliphatic carbocycles. The fraction of sp³-hybridized carbons (Fsp3) is 0.158. The minimum atomic E-state index is 1.18. The fourth-order valence-electron chi connectivity index (χ4n) is 1.70. The Morgan fingerprint density at radius 2 is 1.42 bits per heavy atom. The van der Waals surface area contributed by atoms with Crippen LogP contribution in [0.25, 0.3) is 12.2 Å². The van der Waals surface area contributed by atoms with E-state index in [1.807, 2.05) is 12.2 Å². The van der Waals surface area contributed by atoms with Gasteiger partial charge in [-0.2, -0.15) is 0 Å². The molecule has 0 nitrogen and oxygen atoms in total. The maximum Gasteiger partial charge on any atom is -0.0231 e. The van der Waals surface area contributed by atoms with E-state index in [-0.39, 0.29) is 0 Å². The van der Waals surface area contributed by atoms with Gasteiger partial charge in [0, 0.05) is 0 Å². The number of benzene rings is 2. The summed E-state index contributed by atoms with van der Waals surface area (Å²) in [6.07, 6.45) is 3.74. The largest absolute Gasteiger partial charge is 0.0985 e. The van der Waals surface area contributed by atoms with Gasteiger partial charge in [0.2, 0.25) is 0 Å². The molecule has 19 heavy (non-hydrogen) atoms. The van der Waals surface area contributed by atoms with Crippen molar-refractivity contribution in [1.82, 2.24) is 0 Å². The minimum Gasteiger partial charge on any atom is -0.0985 e. The van der Waals surface area contributed by atoms with Gasteiger partial charge in [-0.25, -0.2) is 0 Å². The molecule has 0 spiro atoms. The summed E-state index contributed by atoms with van der Waals surface area (Å²) < 4.78 is 0. The molecule has 2 aromatic carbocycles. The molecule has 0 N–H and O–H groups in total. The Kier molecular flexibility index (Phi) is 5.81. The van der Waals surface area contributed by atoms with Crippen molar-refractivity contribution in [3.8, 4) is 0 Å². The van der Waals surface area contributed by atoms with Crippen LogP contribution in [-0.2, 0) is 0 Å². The lowest BCUT2D eigenvalue weighted by Crippen LogP contribution is -1.83. The summed E-state index contributed by atoms with van der Waals surface area (Å²) >= 11 is 0. The maximum absolute atomic E-state index is 3.73. The molecule has 0 heteroatoms. The molecule has 0 bridgehead atoms. The molecule has 0 aliphatic rings. The first-order chi connectivity index (χ1) is 9.08. The molecule has 0 saturated heterocycles. The number of hydrogen-bond acceptors (Lipinski definition) is 0. The molecule has 0 aliphatic heterocycles. The van der Waals surface area contributed by atoms with E-state index in [2.05, 4.69) is 76.4 Å². The Hall–Kier alpha value is -2.08. The SMILES string of the molecule is C=Cc1ccc(C)cc1.C=Cc1cccc(C)c1C.